The lowest BCUT2D eigenvalue weighted by Crippen LogP contribution is -2.26. The SMILES string of the molecule is CCCN1C(=O)/C(=C\c2ccc(OCc3ccc4ccccc4c3)c(OCC)c2)c2ccccc21. The molecule has 0 atom stereocenters. The molecular weight excluding hydrogens is 434 g/mol. The molecule has 0 fully saturated rings. The quantitative estimate of drug-likeness (QED) is 0.261. The molecule has 0 bridgehead atoms. The van der Waals surface area contributed by atoms with E-state index in [1.54, 1.807) is 0 Å². The Kier molecular flexibility index (Phi) is 6.53. The van der Waals surface area contributed by atoms with E-state index in [4.69, 9.17) is 9.47 Å². The van der Waals surface area contributed by atoms with Crippen LogP contribution in [0.3, 0.4) is 0 Å². The fraction of sp³-hybridized carbons (Fsp3) is 0.194. The summed E-state index contributed by atoms with van der Waals surface area (Å²) >= 11 is 0. The Hall–Kier alpha value is -4.05. The third-order valence-corrected chi connectivity index (χ3v) is 6.19. The summed E-state index contributed by atoms with van der Waals surface area (Å²) in [5.41, 5.74) is 4.66. The second-order valence-corrected chi connectivity index (χ2v) is 8.64. The van der Waals surface area contributed by atoms with Gasteiger partial charge in [0, 0.05) is 17.7 Å². The van der Waals surface area contributed by atoms with E-state index in [-0.39, 0.29) is 5.91 Å². The number of benzene rings is 4. The first-order chi connectivity index (χ1) is 17.2. The molecule has 0 unspecified atom stereocenters. The van der Waals surface area contributed by atoms with E-state index in [0.717, 1.165) is 28.8 Å². The van der Waals surface area contributed by atoms with Gasteiger partial charge in [-0.3, -0.25) is 4.79 Å². The van der Waals surface area contributed by atoms with E-state index >= 15 is 0 Å². The highest BCUT2D eigenvalue weighted by molar-refractivity contribution is 6.35. The first-order valence-electron chi connectivity index (χ1n) is 12.2. The van der Waals surface area contributed by atoms with Gasteiger partial charge in [-0.2, -0.15) is 0 Å². The Labute approximate surface area is 206 Å². The van der Waals surface area contributed by atoms with Crippen molar-refractivity contribution in [3.63, 3.8) is 0 Å². The maximum absolute atomic E-state index is 13.2. The number of hydrogen-bond acceptors (Lipinski definition) is 3. The average Bonchev–Trinajstić information content (AvgIpc) is 3.14. The molecule has 0 spiro atoms. The van der Waals surface area contributed by atoms with Gasteiger partial charge >= 0.3 is 0 Å². The number of fused-ring (bicyclic) bond motifs is 2. The molecular formula is C31H29NO3. The maximum atomic E-state index is 13.2. The first kappa shape index (κ1) is 22.7. The molecule has 0 N–H and O–H groups in total. The van der Waals surface area contributed by atoms with Crippen LogP contribution in [0.15, 0.2) is 84.9 Å². The highest BCUT2D eigenvalue weighted by atomic mass is 16.5. The molecule has 35 heavy (non-hydrogen) atoms. The number of hydrogen-bond donors (Lipinski definition) is 0. The predicted molar refractivity (Wildman–Crippen MR) is 143 cm³/mol. The number of nitrogens with zero attached hydrogens (tertiary/aromatic N) is 1. The number of carbonyl (C=O) groups excluding carboxylic acids is 1. The van der Waals surface area contributed by atoms with Gasteiger partial charge in [-0.05, 0) is 65.6 Å². The van der Waals surface area contributed by atoms with E-state index in [1.807, 2.05) is 72.5 Å². The lowest BCUT2D eigenvalue weighted by atomic mass is 10.0. The van der Waals surface area contributed by atoms with Crippen molar-refractivity contribution in [3.05, 3.63) is 102 Å². The van der Waals surface area contributed by atoms with Gasteiger partial charge in [-0.1, -0.05) is 67.6 Å². The molecule has 0 saturated carbocycles. The topological polar surface area (TPSA) is 38.8 Å². The number of carbonyl (C=O) groups is 1. The van der Waals surface area contributed by atoms with Crippen LogP contribution in [-0.2, 0) is 11.4 Å². The molecule has 1 heterocycles. The number of rotatable bonds is 8. The zero-order valence-corrected chi connectivity index (χ0v) is 20.2. The highest BCUT2D eigenvalue weighted by Gasteiger charge is 2.31. The van der Waals surface area contributed by atoms with Crippen LogP contribution in [0.5, 0.6) is 11.5 Å². The summed E-state index contributed by atoms with van der Waals surface area (Å²) in [6.07, 6.45) is 2.86. The van der Waals surface area contributed by atoms with E-state index in [1.165, 1.54) is 10.8 Å². The summed E-state index contributed by atoms with van der Waals surface area (Å²) in [6, 6.07) is 28.5. The van der Waals surface area contributed by atoms with Gasteiger partial charge in [-0.25, -0.2) is 0 Å². The van der Waals surface area contributed by atoms with Gasteiger partial charge < -0.3 is 14.4 Å². The Morgan fingerprint density at radius 1 is 0.800 bits per heavy atom. The molecule has 4 nitrogen and oxygen atoms in total. The second kappa shape index (κ2) is 10.1. The fourth-order valence-corrected chi connectivity index (χ4v) is 4.55. The van der Waals surface area contributed by atoms with Crippen LogP contribution in [-0.4, -0.2) is 19.1 Å². The molecule has 1 aliphatic heterocycles. The lowest BCUT2D eigenvalue weighted by Gasteiger charge is -2.15. The molecule has 0 aliphatic carbocycles. The van der Waals surface area contributed by atoms with Crippen molar-refractivity contribution < 1.29 is 14.3 Å². The summed E-state index contributed by atoms with van der Waals surface area (Å²) < 4.78 is 12.1. The van der Waals surface area contributed by atoms with Gasteiger partial charge in [0.1, 0.15) is 6.61 Å². The zero-order chi connectivity index (χ0) is 24.2. The smallest absolute Gasteiger partial charge is 0.258 e. The molecule has 176 valence electrons. The Bertz CT molecular complexity index is 1410. The van der Waals surface area contributed by atoms with Crippen molar-refractivity contribution in [3.8, 4) is 11.5 Å². The number of ether oxygens (including phenoxy) is 2. The number of amides is 1. The monoisotopic (exact) mass is 463 g/mol. The average molecular weight is 464 g/mol. The number of para-hydroxylation sites is 1. The summed E-state index contributed by atoms with van der Waals surface area (Å²) in [7, 11) is 0. The third kappa shape index (κ3) is 4.65. The van der Waals surface area contributed by atoms with Crippen LogP contribution in [0.2, 0.25) is 0 Å². The first-order valence-corrected chi connectivity index (χ1v) is 12.2. The predicted octanol–water partition coefficient (Wildman–Crippen LogP) is 7.11. The molecule has 4 heteroatoms. The van der Waals surface area contributed by atoms with Crippen molar-refractivity contribution in [1.82, 2.24) is 0 Å². The normalized spacial score (nSPS) is 13.9. The summed E-state index contributed by atoms with van der Waals surface area (Å²) in [5.74, 6) is 1.40. The van der Waals surface area contributed by atoms with Crippen molar-refractivity contribution in [2.75, 3.05) is 18.1 Å². The molecule has 5 rings (SSSR count). The van der Waals surface area contributed by atoms with Crippen LogP contribution < -0.4 is 14.4 Å². The van der Waals surface area contributed by atoms with Gasteiger partial charge in [-0.15, -0.1) is 0 Å². The summed E-state index contributed by atoms with van der Waals surface area (Å²) in [6.45, 7) is 5.72. The Balaban J connectivity index is 1.41. The Morgan fingerprint density at radius 3 is 2.43 bits per heavy atom. The van der Waals surface area contributed by atoms with Crippen LogP contribution in [0, 0.1) is 0 Å². The standard InChI is InChI=1S/C31H29NO3/c1-3-17-32-28-12-8-7-11-26(28)27(31(32)33)19-22-14-16-29(30(20-22)34-4-2)35-21-23-13-15-24-9-5-6-10-25(24)18-23/h5-16,18-20H,3-4,17,21H2,1-2H3/b27-19-. The molecule has 4 aromatic rings. The van der Waals surface area contributed by atoms with Crippen molar-refractivity contribution >= 4 is 34.0 Å². The Morgan fingerprint density at radius 2 is 1.60 bits per heavy atom. The van der Waals surface area contributed by atoms with E-state index in [0.29, 0.717) is 36.8 Å². The zero-order valence-electron chi connectivity index (χ0n) is 20.2. The van der Waals surface area contributed by atoms with E-state index < -0.39 is 0 Å². The van der Waals surface area contributed by atoms with Gasteiger partial charge in [0.2, 0.25) is 0 Å². The van der Waals surface area contributed by atoms with Crippen molar-refractivity contribution in [2.45, 2.75) is 26.9 Å². The molecule has 0 saturated heterocycles. The maximum Gasteiger partial charge on any atom is 0.258 e. The van der Waals surface area contributed by atoms with E-state index in [9.17, 15) is 4.79 Å². The molecule has 1 amide bonds. The summed E-state index contributed by atoms with van der Waals surface area (Å²) in [5, 5.41) is 2.41. The second-order valence-electron chi connectivity index (χ2n) is 8.64. The van der Waals surface area contributed by atoms with Crippen LogP contribution in [0.25, 0.3) is 22.4 Å². The van der Waals surface area contributed by atoms with Gasteiger partial charge in [0.15, 0.2) is 11.5 Å². The molecule has 0 radical (unpaired) electrons. The van der Waals surface area contributed by atoms with Gasteiger partial charge in [0.25, 0.3) is 5.91 Å². The highest BCUT2D eigenvalue weighted by Crippen LogP contribution is 2.38. The minimum atomic E-state index is 0.0441. The van der Waals surface area contributed by atoms with Gasteiger partial charge in [0.05, 0.1) is 12.3 Å². The van der Waals surface area contributed by atoms with Crippen LogP contribution >= 0.6 is 0 Å². The third-order valence-electron chi connectivity index (χ3n) is 6.19. The minimum absolute atomic E-state index is 0.0441. The van der Waals surface area contributed by atoms with Crippen molar-refractivity contribution in [1.29, 1.82) is 0 Å². The van der Waals surface area contributed by atoms with Crippen molar-refractivity contribution in [2.24, 2.45) is 0 Å². The molecule has 1 aliphatic rings. The molecule has 0 aromatic heterocycles. The summed E-state index contributed by atoms with van der Waals surface area (Å²) in [4.78, 5) is 15.1. The fourth-order valence-electron chi connectivity index (χ4n) is 4.55. The van der Waals surface area contributed by atoms with Crippen LogP contribution in [0.1, 0.15) is 37.0 Å². The lowest BCUT2D eigenvalue weighted by molar-refractivity contribution is -0.113. The largest absolute Gasteiger partial charge is 0.490 e. The molecule has 4 aromatic carbocycles. The number of anilines is 1. The minimum Gasteiger partial charge on any atom is -0.490 e. The van der Waals surface area contributed by atoms with Crippen LogP contribution in [0.4, 0.5) is 5.69 Å². The van der Waals surface area contributed by atoms with E-state index in [2.05, 4.69) is 37.3 Å².